The molecule has 0 saturated heterocycles. The van der Waals surface area contributed by atoms with E-state index in [0.29, 0.717) is 11.6 Å². The molecule has 0 spiro atoms. The van der Waals surface area contributed by atoms with Gasteiger partial charge in [0.15, 0.2) is 10.2 Å². The van der Waals surface area contributed by atoms with Crippen LogP contribution in [-0.2, 0) is 0 Å². The van der Waals surface area contributed by atoms with Crippen LogP contribution in [0.15, 0.2) is 45.8 Å². The van der Waals surface area contributed by atoms with Gasteiger partial charge in [0, 0.05) is 11.6 Å². The number of benzene rings is 1. The molecule has 2 aromatic heterocycles. The largest absolute Gasteiger partial charge is 0.308 e. The number of nitrogen functional groups attached to an aromatic ring is 1. The summed E-state index contributed by atoms with van der Waals surface area (Å²) >= 11 is 2.97. The van der Waals surface area contributed by atoms with E-state index in [1.165, 1.54) is 23.1 Å². The third-order valence-corrected chi connectivity index (χ3v) is 4.39. The van der Waals surface area contributed by atoms with E-state index in [4.69, 9.17) is 5.84 Å². The second kappa shape index (κ2) is 6.17. The quantitative estimate of drug-likeness (QED) is 0.434. The molecule has 3 N–H and O–H groups in total. The predicted octanol–water partition coefficient (Wildman–Crippen LogP) is 2.74. The summed E-state index contributed by atoms with van der Waals surface area (Å²) in [5.74, 6) is 6.67. The van der Waals surface area contributed by atoms with E-state index in [9.17, 15) is 0 Å². The molecule has 0 fully saturated rings. The Hall–Kier alpha value is -2.03. The van der Waals surface area contributed by atoms with Gasteiger partial charge in [-0.15, -0.1) is 10.2 Å². The lowest BCUT2D eigenvalue weighted by molar-refractivity contribution is 0.978. The number of aryl methyl sites for hydroxylation is 1. The average molecular weight is 316 g/mol. The van der Waals surface area contributed by atoms with Gasteiger partial charge in [-0.25, -0.2) is 15.8 Å². The molecule has 1 aromatic carbocycles. The fraction of sp³-hybridized carbons (Fsp3) is 0.0769. The number of nitrogens with zero attached hydrogens (tertiary/aromatic N) is 4. The summed E-state index contributed by atoms with van der Waals surface area (Å²) in [6.07, 6.45) is 0. The minimum Gasteiger partial charge on any atom is -0.308 e. The minimum absolute atomic E-state index is 0.563. The second-order valence-corrected chi connectivity index (χ2v) is 6.56. The molecule has 0 radical (unpaired) electrons. The Balaban J connectivity index is 1.97. The normalized spacial score (nSPS) is 10.6. The number of nitrogens with two attached hydrogens (primary N) is 1. The Morgan fingerprint density at radius 1 is 1.14 bits per heavy atom. The van der Waals surface area contributed by atoms with E-state index < -0.39 is 0 Å². The number of hydrogen-bond donors (Lipinski definition) is 2. The van der Waals surface area contributed by atoms with Crippen LogP contribution in [-0.4, -0.2) is 20.2 Å². The van der Waals surface area contributed by atoms with Gasteiger partial charge in [-0.2, -0.15) is 0 Å². The maximum Gasteiger partial charge on any atom is 0.180 e. The summed E-state index contributed by atoms with van der Waals surface area (Å²) in [6.45, 7) is 1.92. The van der Waals surface area contributed by atoms with Gasteiger partial charge in [0.1, 0.15) is 15.9 Å². The van der Waals surface area contributed by atoms with Crippen LogP contribution in [0.5, 0.6) is 0 Å². The molecule has 3 aromatic rings. The summed E-state index contributed by atoms with van der Waals surface area (Å²) in [5, 5.41) is 9.78. The van der Waals surface area contributed by atoms with Gasteiger partial charge in [0.25, 0.3) is 0 Å². The molecular weight excluding hydrogens is 304 g/mol. The number of hydrogen-bond acceptors (Lipinski definition) is 8. The van der Waals surface area contributed by atoms with E-state index in [2.05, 4.69) is 25.6 Å². The molecule has 0 bridgehead atoms. The SMILES string of the molecule is Cc1nnc(Sc2cc(NN)nc(-c3ccccc3)n2)s1. The molecule has 2 heterocycles. The molecule has 106 valence electrons. The fourth-order valence-corrected chi connectivity index (χ4v) is 3.44. The van der Waals surface area contributed by atoms with Crippen molar-refractivity contribution in [3.63, 3.8) is 0 Å². The van der Waals surface area contributed by atoms with Gasteiger partial charge < -0.3 is 5.43 Å². The number of rotatable bonds is 4. The van der Waals surface area contributed by atoms with Crippen LogP contribution in [0.4, 0.5) is 5.82 Å². The van der Waals surface area contributed by atoms with Crippen molar-refractivity contribution in [2.24, 2.45) is 5.84 Å². The third-order valence-electron chi connectivity index (χ3n) is 2.58. The number of nitrogens with one attached hydrogen (secondary N) is 1. The average Bonchev–Trinajstić information content (AvgIpc) is 2.93. The molecule has 0 unspecified atom stereocenters. The molecule has 0 amide bonds. The lowest BCUT2D eigenvalue weighted by Crippen LogP contribution is -2.09. The van der Waals surface area contributed by atoms with Crippen LogP contribution in [0.3, 0.4) is 0 Å². The van der Waals surface area contributed by atoms with E-state index in [-0.39, 0.29) is 0 Å². The lowest BCUT2D eigenvalue weighted by atomic mass is 10.2. The zero-order chi connectivity index (χ0) is 14.7. The highest BCUT2D eigenvalue weighted by Crippen LogP contribution is 2.31. The van der Waals surface area contributed by atoms with E-state index in [1.54, 1.807) is 6.07 Å². The van der Waals surface area contributed by atoms with E-state index in [0.717, 1.165) is 19.9 Å². The van der Waals surface area contributed by atoms with Crippen molar-refractivity contribution in [1.29, 1.82) is 0 Å². The summed E-state index contributed by atoms with van der Waals surface area (Å²) in [6, 6.07) is 11.5. The highest BCUT2D eigenvalue weighted by molar-refractivity contribution is 8.01. The molecular formula is C13H12N6S2. The first-order chi connectivity index (χ1) is 10.2. The monoisotopic (exact) mass is 316 g/mol. The summed E-state index contributed by atoms with van der Waals surface area (Å²) < 4.78 is 0.841. The number of aromatic nitrogens is 4. The van der Waals surface area contributed by atoms with Crippen LogP contribution in [0, 0.1) is 6.92 Å². The molecule has 6 nitrogen and oxygen atoms in total. The van der Waals surface area contributed by atoms with Crippen molar-refractivity contribution >= 4 is 28.9 Å². The first kappa shape index (κ1) is 13.9. The predicted molar refractivity (Wildman–Crippen MR) is 84.0 cm³/mol. The molecule has 0 atom stereocenters. The minimum atomic E-state index is 0.563. The van der Waals surface area contributed by atoms with Gasteiger partial charge in [0.05, 0.1) is 0 Å². The molecule has 0 aliphatic heterocycles. The van der Waals surface area contributed by atoms with Crippen LogP contribution in [0.2, 0.25) is 0 Å². The van der Waals surface area contributed by atoms with Gasteiger partial charge in [0.2, 0.25) is 0 Å². The van der Waals surface area contributed by atoms with Crippen LogP contribution in [0.25, 0.3) is 11.4 Å². The molecule has 3 rings (SSSR count). The van der Waals surface area contributed by atoms with Crippen molar-refractivity contribution in [3.8, 4) is 11.4 Å². The van der Waals surface area contributed by atoms with Gasteiger partial charge in [-0.05, 0) is 18.7 Å². The zero-order valence-corrected chi connectivity index (χ0v) is 12.8. The number of hydrazine groups is 1. The van der Waals surface area contributed by atoms with Crippen molar-refractivity contribution < 1.29 is 0 Å². The Morgan fingerprint density at radius 3 is 2.62 bits per heavy atom. The highest BCUT2D eigenvalue weighted by Gasteiger charge is 2.10. The molecule has 0 aliphatic rings. The molecule has 0 saturated carbocycles. The maximum absolute atomic E-state index is 5.49. The maximum atomic E-state index is 5.49. The van der Waals surface area contributed by atoms with Crippen molar-refractivity contribution in [2.75, 3.05) is 5.43 Å². The lowest BCUT2D eigenvalue weighted by Gasteiger charge is -2.06. The molecule has 0 aliphatic carbocycles. The Morgan fingerprint density at radius 2 is 1.95 bits per heavy atom. The number of anilines is 1. The van der Waals surface area contributed by atoms with Crippen LogP contribution >= 0.6 is 23.1 Å². The van der Waals surface area contributed by atoms with Gasteiger partial charge in [-0.1, -0.05) is 41.7 Å². The first-order valence-electron chi connectivity index (χ1n) is 6.13. The fourth-order valence-electron chi connectivity index (χ4n) is 1.68. The van der Waals surface area contributed by atoms with Crippen LogP contribution < -0.4 is 11.3 Å². The smallest absolute Gasteiger partial charge is 0.180 e. The van der Waals surface area contributed by atoms with Crippen LogP contribution in [0.1, 0.15) is 5.01 Å². The Kier molecular flexibility index (Phi) is 4.09. The Labute approximate surface area is 129 Å². The van der Waals surface area contributed by atoms with Gasteiger partial charge in [-0.3, -0.25) is 0 Å². The summed E-state index contributed by atoms with van der Waals surface area (Å²) in [4.78, 5) is 8.93. The topological polar surface area (TPSA) is 89.6 Å². The molecule has 8 heteroatoms. The zero-order valence-electron chi connectivity index (χ0n) is 11.1. The molecule has 21 heavy (non-hydrogen) atoms. The third kappa shape index (κ3) is 3.35. The van der Waals surface area contributed by atoms with Crippen molar-refractivity contribution in [1.82, 2.24) is 20.2 Å². The van der Waals surface area contributed by atoms with Crippen molar-refractivity contribution in [2.45, 2.75) is 16.3 Å². The summed E-state index contributed by atoms with van der Waals surface area (Å²) in [7, 11) is 0. The van der Waals surface area contributed by atoms with Gasteiger partial charge >= 0.3 is 0 Å². The van der Waals surface area contributed by atoms with E-state index >= 15 is 0 Å². The standard InChI is InChI=1S/C13H12N6S2/c1-8-18-19-13(20-8)21-11-7-10(17-14)15-12(16-11)9-5-3-2-4-6-9/h2-7H,14H2,1H3,(H,15,16,17). The van der Waals surface area contributed by atoms with Crippen molar-refractivity contribution in [3.05, 3.63) is 41.4 Å². The highest BCUT2D eigenvalue weighted by atomic mass is 32.2. The van der Waals surface area contributed by atoms with E-state index in [1.807, 2.05) is 37.3 Å². The second-order valence-electron chi connectivity index (χ2n) is 4.11. The Bertz CT molecular complexity index is 743. The summed E-state index contributed by atoms with van der Waals surface area (Å²) in [5.41, 5.74) is 3.51. The first-order valence-corrected chi connectivity index (χ1v) is 7.77.